The van der Waals surface area contributed by atoms with Gasteiger partial charge in [0.15, 0.2) is 0 Å². The summed E-state index contributed by atoms with van der Waals surface area (Å²) in [6.07, 6.45) is -4.58. The minimum Gasteiger partial charge on any atom is -0.287 e. The number of para-hydroxylation sites is 1. The lowest BCUT2D eigenvalue weighted by Gasteiger charge is -2.11. The van der Waals surface area contributed by atoms with Crippen LogP contribution in [0.4, 0.5) is 13.2 Å². The number of pyridine rings is 1. The molecule has 0 atom stereocenters. The number of halogens is 3. The highest BCUT2D eigenvalue weighted by Gasteiger charge is 2.35. The van der Waals surface area contributed by atoms with Crippen molar-refractivity contribution in [3.8, 4) is 0 Å². The molecular weight excluding hydrogens is 291 g/mol. The Bertz CT molecular complexity index is 856. The summed E-state index contributed by atoms with van der Waals surface area (Å²) in [5, 5.41) is 0.822. The van der Waals surface area contributed by atoms with Gasteiger partial charge in [0.1, 0.15) is 5.69 Å². The van der Waals surface area contributed by atoms with E-state index < -0.39 is 23.1 Å². The molecule has 110 valence electrons. The standard InChI is InChI=1S/C17H10F3NO/c18-17(19,20)13-7-3-2-6-12(13)16(22)15-10-9-11-5-1-4-8-14(11)21-15/h1-10H. The number of fused-ring (bicyclic) bond motifs is 1. The molecular formula is C17H10F3NO. The van der Waals surface area contributed by atoms with Crippen molar-refractivity contribution in [1.82, 2.24) is 4.98 Å². The zero-order valence-corrected chi connectivity index (χ0v) is 11.3. The number of carbonyl (C=O) groups is 1. The molecule has 0 spiro atoms. The summed E-state index contributed by atoms with van der Waals surface area (Å²) in [4.78, 5) is 16.6. The lowest BCUT2D eigenvalue weighted by Crippen LogP contribution is -2.14. The van der Waals surface area contributed by atoms with Crippen LogP contribution in [0.25, 0.3) is 10.9 Å². The molecule has 2 nitrogen and oxygen atoms in total. The molecule has 5 heteroatoms. The molecule has 1 aromatic heterocycles. The van der Waals surface area contributed by atoms with Gasteiger partial charge in [-0.1, -0.05) is 42.5 Å². The first-order valence-electron chi connectivity index (χ1n) is 6.53. The second kappa shape index (κ2) is 5.26. The molecule has 0 unspecified atom stereocenters. The van der Waals surface area contributed by atoms with Crippen LogP contribution in [0.2, 0.25) is 0 Å². The van der Waals surface area contributed by atoms with E-state index in [0.29, 0.717) is 5.52 Å². The number of rotatable bonds is 2. The quantitative estimate of drug-likeness (QED) is 0.653. The summed E-state index contributed by atoms with van der Waals surface area (Å²) in [7, 11) is 0. The summed E-state index contributed by atoms with van der Waals surface area (Å²) < 4.78 is 39.0. The number of aromatic nitrogens is 1. The smallest absolute Gasteiger partial charge is 0.287 e. The first-order chi connectivity index (χ1) is 10.5. The highest BCUT2D eigenvalue weighted by atomic mass is 19.4. The van der Waals surface area contributed by atoms with E-state index in [9.17, 15) is 18.0 Å². The first kappa shape index (κ1) is 14.3. The Balaban J connectivity index is 2.10. The Morgan fingerprint density at radius 3 is 2.32 bits per heavy atom. The molecule has 0 amide bonds. The number of ketones is 1. The van der Waals surface area contributed by atoms with E-state index in [1.165, 1.54) is 24.3 Å². The fourth-order valence-corrected chi connectivity index (χ4v) is 2.26. The van der Waals surface area contributed by atoms with Gasteiger partial charge in [0.2, 0.25) is 5.78 Å². The third kappa shape index (κ3) is 2.57. The third-order valence-corrected chi connectivity index (χ3v) is 3.31. The Labute approximate surface area is 124 Å². The fourth-order valence-electron chi connectivity index (χ4n) is 2.26. The second-order valence-corrected chi connectivity index (χ2v) is 4.76. The lowest BCUT2D eigenvalue weighted by atomic mass is 10.0. The van der Waals surface area contributed by atoms with Crippen LogP contribution in [0.5, 0.6) is 0 Å². The van der Waals surface area contributed by atoms with Gasteiger partial charge in [0, 0.05) is 10.9 Å². The van der Waals surface area contributed by atoms with Gasteiger partial charge < -0.3 is 0 Å². The van der Waals surface area contributed by atoms with Crippen LogP contribution < -0.4 is 0 Å². The van der Waals surface area contributed by atoms with E-state index in [1.54, 1.807) is 18.2 Å². The van der Waals surface area contributed by atoms with Gasteiger partial charge >= 0.3 is 6.18 Å². The van der Waals surface area contributed by atoms with Crippen molar-refractivity contribution in [2.45, 2.75) is 6.18 Å². The average Bonchev–Trinajstić information content (AvgIpc) is 2.53. The summed E-state index contributed by atoms with van der Waals surface area (Å²) in [6.45, 7) is 0. The SMILES string of the molecule is O=C(c1ccc2ccccc2n1)c1ccccc1C(F)(F)F. The van der Waals surface area contributed by atoms with Crippen molar-refractivity contribution < 1.29 is 18.0 Å². The van der Waals surface area contributed by atoms with Crippen molar-refractivity contribution in [2.24, 2.45) is 0 Å². The van der Waals surface area contributed by atoms with E-state index in [-0.39, 0.29) is 5.69 Å². The van der Waals surface area contributed by atoms with Gasteiger partial charge in [-0.05, 0) is 18.2 Å². The normalized spacial score (nSPS) is 11.6. The Hall–Kier alpha value is -2.69. The highest BCUT2D eigenvalue weighted by molar-refractivity contribution is 6.09. The van der Waals surface area contributed by atoms with E-state index in [1.807, 2.05) is 12.1 Å². The van der Waals surface area contributed by atoms with E-state index in [2.05, 4.69) is 4.98 Å². The number of hydrogen-bond donors (Lipinski definition) is 0. The zero-order valence-electron chi connectivity index (χ0n) is 11.3. The molecule has 0 saturated heterocycles. The van der Waals surface area contributed by atoms with Gasteiger partial charge in [-0.15, -0.1) is 0 Å². The molecule has 0 fully saturated rings. The number of nitrogens with zero attached hydrogens (tertiary/aromatic N) is 1. The number of benzene rings is 2. The monoisotopic (exact) mass is 301 g/mol. The van der Waals surface area contributed by atoms with Crippen LogP contribution in [-0.2, 0) is 6.18 Å². The number of hydrogen-bond acceptors (Lipinski definition) is 2. The minimum atomic E-state index is -4.58. The molecule has 0 aliphatic carbocycles. The maximum atomic E-state index is 13.0. The summed E-state index contributed by atoms with van der Waals surface area (Å²) >= 11 is 0. The van der Waals surface area contributed by atoms with Crippen molar-refractivity contribution >= 4 is 16.7 Å². The molecule has 2 aromatic carbocycles. The Morgan fingerprint density at radius 2 is 1.55 bits per heavy atom. The van der Waals surface area contributed by atoms with E-state index >= 15 is 0 Å². The number of carbonyl (C=O) groups excluding carboxylic acids is 1. The first-order valence-corrected chi connectivity index (χ1v) is 6.53. The topological polar surface area (TPSA) is 30.0 Å². The summed E-state index contributed by atoms with van der Waals surface area (Å²) in [5.41, 5.74) is -0.777. The van der Waals surface area contributed by atoms with Gasteiger partial charge in [-0.25, -0.2) is 4.98 Å². The lowest BCUT2D eigenvalue weighted by molar-refractivity contribution is -0.137. The molecule has 0 radical (unpaired) electrons. The van der Waals surface area contributed by atoms with Crippen LogP contribution in [0.1, 0.15) is 21.6 Å². The molecule has 0 aliphatic rings. The van der Waals surface area contributed by atoms with Crippen LogP contribution >= 0.6 is 0 Å². The van der Waals surface area contributed by atoms with Gasteiger partial charge in [0.25, 0.3) is 0 Å². The predicted molar refractivity (Wildman–Crippen MR) is 76.6 cm³/mol. The second-order valence-electron chi connectivity index (χ2n) is 4.76. The largest absolute Gasteiger partial charge is 0.417 e. The third-order valence-electron chi connectivity index (χ3n) is 3.31. The van der Waals surface area contributed by atoms with Crippen molar-refractivity contribution in [3.05, 3.63) is 77.5 Å². The summed E-state index contributed by atoms with van der Waals surface area (Å²) in [5.74, 6) is -0.737. The zero-order chi connectivity index (χ0) is 15.7. The maximum Gasteiger partial charge on any atom is 0.417 e. The van der Waals surface area contributed by atoms with Crippen molar-refractivity contribution in [2.75, 3.05) is 0 Å². The Morgan fingerprint density at radius 1 is 0.864 bits per heavy atom. The average molecular weight is 301 g/mol. The Kier molecular flexibility index (Phi) is 3.41. The molecule has 3 aromatic rings. The predicted octanol–water partition coefficient (Wildman–Crippen LogP) is 4.48. The molecule has 0 saturated carbocycles. The van der Waals surface area contributed by atoms with Crippen LogP contribution in [0, 0.1) is 0 Å². The summed E-state index contributed by atoms with van der Waals surface area (Å²) in [6, 6.07) is 15.0. The maximum absolute atomic E-state index is 13.0. The van der Waals surface area contributed by atoms with Crippen molar-refractivity contribution in [1.29, 1.82) is 0 Å². The van der Waals surface area contributed by atoms with Gasteiger partial charge in [-0.2, -0.15) is 13.2 Å². The van der Waals surface area contributed by atoms with E-state index in [4.69, 9.17) is 0 Å². The van der Waals surface area contributed by atoms with Crippen LogP contribution in [0.15, 0.2) is 60.7 Å². The molecule has 0 N–H and O–H groups in total. The van der Waals surface area contributed by atoms with E-state index in [0.717, 1.165) is 11.5 Å². The fraction of sp³-hybridized carbons (Fsp3) is 0.0588. The molecule has 1 heterocycles. The molecule has 3 rings (SSSR count). The number of alkyl halides is 3. The molecule has 0 bridgehead atoms. The highest BCUT2D eigenvalue weighted by Crippen LogP contribution is 2.32. The molecule has 22 heavy (non-hydrogen) atoms. The van der Waals surface area contributed by atoms with Gasteiger partial charge in [0.05, 0.1) is 11.1 Å². The van der Waals surface area contributed by atoms with Gasteiger partial charge in [-0.3, -0.25) is 4.79 Å². The molecule has 0 aliphatic heterocycles. The van der Waals surface area contributed by atoms with Crippen LogP contribution in [-0.4, -0.2) is 10.8 Å². The minimum absolute atomic E-state index is 0.00426. The van der Waals surface area contributed by atoms with Crippen molar-refractivity contribution in [3.63, 3.8) is 0 Å². The van der Waals surface area contributed by atoms with Crippen LogP contribution in [0.3, 0.4) is 0 Å².